The highest BCUT2D eigenvalue weighted by atomic mass is 16.2. The molecule has 4 nitrogen and oxygen atoms in total. The molecule has 1 fully saturated rings. The van der Waals surface area contributed by atoms with Crippen molar-refractivity contribution in [3.8, 4) is 0 Å². The number of nitrogens with one attached hydrogen (secondary N) is 1. The van der Waals surface area contributed by atoms with Crippen LogP contribution in [0.2, 0.25) is 0 Å². The lowest BCUT2D eigenvalue weighted by molar-refractivity contribution is 0.0543. The van der Waals surface area contributed by atoms with Crippen LogP contribution in [0.15, 0.2) is 24.3 Å². The largest absolute Gasteiger partial charge is 0.385 e. The summed E-state index contributed by atoms with van der Waals surface area (Å²) < 4.78 is 0. The highest BCUT2D eigenvalue weighted by molar-refractivity contribution is 5.99. The van der Waals surface area contributed by atoms with Crippen molar-refractivity contribution in [2.45, 2.75) is 26.3 Å². The van der Waals surface area contributed by atoms with E-state index >= 15 is 0 Å². The van der Waals surface area contributed by atoms with E-state index in [1.807, 2.05) is 36.1 Å². The van der Waals surface area contributed by atoms with Crippen LogP contribution in [0, 0.1) is 0 Å². The number of anilines is 1. The molecule has 110 valence electrons. The van der Waals surface area contributed by atoms with E-state index in [0.717, 1.165) is 43.9 Å². The van der Waals surface area contributed by atoms with Gasteiger partial charge in [0.25, 0.3) is 5.91 Å². The van der Waals surface area contributed by atoms with Crippen molar-refractivity contribution >= 4 is 11.6 Å². The van der Waals surface area contributed by atoms with Gasteiger partial charge in [-0.2, -0.15) is 0 Å². The molecule has 1 N–H and O–H groups in total. The van der Waals surface area contributed by atoms with Gasteiger partial charge in [-0.15, -0.1) is 0 Å². The van der Waals surface area contributed by atoms with Crippen LogP contribution in [0.4, 0.5) is 5.69 Å². The Bertz CT molecular complexity index is 461. The number of rotatable bonds is 4. The minimum absolute atomic E-state index is 0.146. The second kappa shape index (κ2) is 6.75. The summed E-state index contributed by atoms with van der Waals surface area (Å²) in [6, 6.07) is 8.26. The molecule has 0 bridgehead atoms. The minimum atomic E-state index is 0.146. The SMILES string of the molecule is CCNc1ccccc1C(=O)N1CCN(C)C(CC)C1. The Morgan fingerprint density at radius 3 is 2.75 bits per heavy atom. The van der Waals surface area contributed by atoms with Gasteiger partial charge in [-0.3, -0.25) is 9.69 Å². The average molecular weight is 275 g/mol. The fourth-order valence-corrected chi connectivity index (χ4v) is 2.76. The van der Waals surface area contributed by atoms with Crippen LogP contribution < -0.4 is 5.32 Å². The Labute approximate surface area is 121 Å². The zero-order valence-corrected chi connectivity index (χ0v) is 12.7. The lowest BCUT2D eigenvalue weighted by atomic mass is 10.1. The van der Waals surface area contributed by atoms with Crippen molar-refractivity contribution in [2.75, 3.05) is 38.5 Å². The first-order chi connectivity index (χ1) is 9.67. The molecule has 0 aromatic heterocycles. The van der Waals surface area contributed by atoms with Gasteiger partial charge in [0.1, 0.15) is 0 Å². The van der Waals surface area contributed by atoms with E-state index in [1.165, 1.54) is 0 Å². The first-order valence-corrected chi connectivity index (χ1v) is 7.49. The van der Waals surface area contributed by atoms with E-state index in [-0.39, 0.29) is 5.91 Å². The second-order valence-corrected chi connectivity index (χ2v) is 5.37. The van der Waals surface area contributed by atoms with Gasteiger partial charge in [-0.25, -0.2) is 0 Å². The normalized spacial score (nSPS) is 19.9. The number of nitrogens with zero attached hydrogens (tertiary/aromatic N) is 2. The van der Waals surface area contributed by atoms with Crippen molar-refractivity contribution in [1.82, 2.24) is 9.80 Å². The van der Waals surface area contributed by atoms with Gasteiger partial charge in [0.2, 0.25) is 0 Å². The Morgan fingerprint density at radius 2 is 2.05 bits per heavy atom. The summed E-state index contributed by atoms with van der Waals surface area (Å²) in [5.74, 6) is 0.146. The molecule has 0 radical (unpaired) electrons. The van der Waals surface area contributed by atoms with Gasteiger partial charge in [-0.05, 0) is 32.5 Å². The maximum absolute atomic E-state index is 12.7. The van der Waals surface area contributed by atoms with Crippen LogP contribution in [0.5, 0.6) is 0 Å². The van der Waals surface area contributed by atoms with Crippen molar-refractivity contribution in [1.29, 1.82) is 0 Å². The fourth-order valence-electron chi connectivity index (χ4n) is 2.76. The van der Waals surface area contributed by atoms with Crippen LogP contribution >= 0.6 is 0 Å². The molecule has 0 spiro atoms. The lowest BCUT2D eigenvalue weighted by Crippen LogP contribution is -2.53. The summed E-state index contributed by atoms with van der Waals surface area (Å²) in [4.78, 5) is 17.1. The minimum Gasteiger partial charge on any atom is -0.385 e. The summed E-state index contributed by atoms with van der Waals surface area (Å²) >= 11 is 0. The summed E-state index contributed by atoms with van der Waals surface area (Å²) in [6.45, 7) is 7.64. The van der Waals surface area contributed by atoms with Crippen LogP contribution in [-0.2, 0) is 0 Å². The zero-order chi connectivity index (χ0) is 14.5. The molecule has 2 rings (SSSR count). The predicted molar refractivity (Wildman–Crippen MR) is 83.2 cm³/mol. The number of benzene rings is 1. The number of carbonyl (C=O) groups is 1. The molecule has 1 atom stereocenters. The Morgan fingerprint density at radius 1 is 1.30 bits per heavy atom. The standard InChI is InChI=1S/C16H25N3O/c1-4-13-12-19(11-10-18(13)3)16(20)14-8-6-7-9-15(14)17-5-2/h6-9,13,17H,4-5,10-12H2,1-3H3. The second-order valence-electron chi connectivity index (χ2n) is 5.37. The first kappa shape index (κ1) is 14.9. The van der Waals surface area contributed by atoms with Gasteiger partial charge in [0, 0.05) is 37.9 Å². The van der Waals surface area contributed by atoms with Gasteiger partial charge >= 0.3 is 0 Å². The predicted octanol–water partition coefficient (Wildman–Crippen LogP) is 2.28. The molecule has 1 saturated heterocycles. The smallest absolute Gasteiger partial charge is 0.256 e. The molecule has 1 heterocycles. The van der Waals surface area contributed by atoms with E-state index in [0.29, 0.717) is 6.04 Å². The Kier molecular flexibility index (Phi) is 5.01. The quantitative estimate of drug-likeness (QED) is 0.915. The summed E-state index contributed by atoms with van der Waals surface area (Å²) in [5.41, 5.74) is 1.72. The van der Waals surface area contributed by atoms with Crippen LogP contribution in [0.1, 0.15) is 30.6 Å². The summed E-state index contributed by atoms with van der Waals surface area (Å²) in [5, 5.41) is 3.27. The molecule has 1 aromatic carbocycles. The van der Waals surface area contributed by atoms with Crippen molar-refractivity contribution in [2.24, 2.45) is 0 Å². The van der Waals surface area contributed by atoms with Gasteiger partial charge in [-0.1, -0.05) is 19.1 Å². The number of para-hydroxylation sites is 1. The number of hydrogen-bond acceptors (Lipinski definition) is 3. The Hall–Kier alpha value is -1.55. The molecule has 1 unspecified atom stereocenters. The fraction of sp³-hybridized carbons (Fsp3) is 0.562. The van der Waals surface area contributed by atoms with E-state index < -0.39 is 0 Å². The molecule has 0 saturated carbocycles. The number of carbonyl (C=O) groups excluding carboxylic acids is 1. The molecular formula is C16H25N3O. The number of amides is 1. The van der Waals surface area contributed by atoms with E-state index in [1.54, 1.807) is 0 Å². The third kappa shape index (κ3) is 3.12. The number of piperazine rings is 1. The molecule has 0 aliphatic carbocycles. The maximum atomic E-state index is 12.7. The topological polar surface area (TPSA) is 35.6 Å². The lowest BCUT2D eigenvalue weighted by Gasteiger charge is -2.39. The monoisotopic (exact) mass is 275 g/mol. The highest BCUT2D eigenvalue weighted by Gasteiger charge is 2.27. The summed E-state index contributed by atoms with van der Waals surface area (Å²) in [6.07, 6.45) is 1.08. The van der Waals surface area contributed by atoms with E-state index in [9.17, 15) is 4.79 Å². The van der Waals surface area contributed by atoms with Crippen LogP contribution in [0.3, 0.4) is 0 Å². The molecule has 4 heteroatoms. The third-order valence-corrected chi connectivity index (χ3v) is 4.06. The van der Waals surface area contributed by atoms with Crippen LogP contribution in [-0.4, -0.2) is 55.0 Å². The van der Waals surface area contributed by atoms with Gasteiger partial charge in [0.15, 0.2) is 0 Å². The van der Waals surface area contributed by atoms with E-state index in [2.05, 4.69) is 24.2 Å². The Balaban J connectivity index is 2.15. The van der Waals surface area contributed by atoms with Crippen molar-refractivity contribution < 1.29 is 4.79 Å². The van der Waals surface area contributed by atoms with Crippen molar-refractivity contribution in [3.63, 3.8) is 0 Å². The molecule has 20 heavy (non-hydrogen) atoms. The van der Waals surface area contributed by atoms with Gasteiger partial charge < -0.3 is 10.2 Å². The molecule has 1 aliphatic rings. The molecule has 1 aromatic rings. The first-order valence-electron chi connectivity index (χ1n) is 7.49. The summed E-state index contributed by atoms with van der Waals surface area (Å²) in [7, 11) is 2.14. The maximum Gasteiger partial charge on any atom is 0.256 e. The average Bonchev–Trinajstić information content (AvgIpc) is 2.48. The third-order valence-electron chi connectivity index (χ3n) is 4.06. The van der Waals surface area contributed by atoms with Gasteiger partial charge in [0.05, 0.1) is 5.56 Å². The number of likely N-dealkylation sites (N-methyl/N-ethyl adjacent to an activating group) is 1. The molecule has 1 aliphatic heterocycles. The highest BCUT2D eigenvalue weighted by Crippen LogP contribution is 2.19. The van der Waals surface area contributed by atoms with E-state index in [4.69, 9.17) is 0 Å². The van der Waals surface area contributed by atoms with Crippen LogP contribution in [0.25, 0.3) is 0 Å². The zero-order valence-electron chi connectivity index (χ0n) is 12.7. The van der Waals surface area contributed by atoms with Crippen molar-refractivity contribution in [3.05, 3.63) is 29.8 Å². The molecule has 1 amide bonds. The number of hydrogen-bond donors (Lipinski definition) is 1. The molecular weight excluding hydrogens is 250 g/mol.